The van der Waals surface area contributed by atoms with Crippen molar-refractivity contribution in [2.45, 2.75) is 4.90 Å². The monoisotopic (exact) mass is 413 g/mol. The Morgan fingerprint density at radius 2 is 1.69 bits per heavy atom. The van der Waals surface area contributed by atoms with Crippen molar-refractivity contribution in [1.29, 1.82) is 0 Å². The quantitative estimate of drug-likeness (QED) is 0.680. The van der Waals surface area contributed by atoms with E-state index >= 15 is 0 Å². The number of hydrogen-bond acceptors (Lipinski definition) is 6. The lowest BCUT2D eigenvalue weighted by atomic mass is 10.3. The van der Waals surface area contributed by atoms with Crippen molar-refractivity contribution in [2.24, 2.45) is 0 Å². The molecule has 0 aliphatic carbocycles. The number of para-hydroxylation sites is 1. The van der Waals surface area contributed by atoms with Gasteiger partial charge in [0.1, 0.15) is 0 Å². The summed E-state index contributed by atoms with van der Waals surface area (Å²) in [6.45, 7) is 1.43. The van der Waals surface area contributed by atoms with Crippen molar-refractivity contribution < 1.29 is 17.9 Å². The Labute approximate surface area is 168 Å². The van der Waals surface area contributed by atoms with E-state index in [1.165, 1.54) is 27.4 Å². The first-order chi connectivity index (χ1) is 14.0. The van der Waals surface area contributed by atoms with Gasteiger partial charge >= 0.3 is 0 Å². The van der Waals surface area contributed by atoms with Gasteiger partial charge < -0.3 is 10.1 Å². The molecule has 10 heteroatoms. The third-order valence-electron chi connectivity index (χ3n) is 4.43. The fourth-order valence-electron chi connectivity index (χ4n) is 2.89. The van der Waals surface area contributed by atoms with Crippen molar-refractivity contribution in [3.8, 4) is 5.69 Å². The van der Waals surface area contributed by atoms with E-state index in [1.807, 2.05) is 30.3 Å². The molecule has 1 aliphatic rings. The summed E-state index contributed by atoms with van der Waals surface area (Å²) in [6, 6.07) is 15.3. The summed E-state index contributed by atoms with van der Waals surface area (Å²) in [7, 11) is -3.57. The fraction of sp³-hybridized carbons (Fsp3) is 0.211. The van der Waals surface area contributed by atoms with Crippen LogP contribution in [0.5, 0.6) is 0 Å². The first-order valence-corrected chi connectivity index (χ1v) is 10.5. The number of benzene rings is 2. The largest absolute Gasteiger partial charge is 0.379 e. The molecule has 0 unspecified atom stereocenters. The van der Waals surface area contributed by atoms with Crippen LogP contribution in [0.15, 0.2) is 65.7 Å². The minimum atomic E-state index is -3.57. The summed E-state index contributed by atoms with van der Waals surface area (Å²) in [5.74, 6) is -0.434. The van der Waals surface area contributed by atoms with Crippen LogP contribution in [0.2, 0.25) is 0 Å². The number of ether oxygens (including phenoxy) is 1. The van der Waals surface area contributed by atoms with Gasteiger partial charge in [0.25, 0.3) is 5.91 Å². The summed E-state index contributed by atoms with van der Waals surface area (Å²) in [4.78, 5) is 14.0. The number of hydrogen-bond donors (Lipinski definition) is 1. The maximum absolute atomic E-state index is 12.6. The van der Waals surface area contributed by atoms with Crippen LogP contribution in [-0.2, 0) is 14.8 Å². The Morgan fingerprint density at radius 1 is 1.00 bits per heavy atom. The SMILES string of the molecule is O=C(Nc1ccc(S(=O)(=O)N2CCOCC2)cc1)c1cnn(-c2ccccc2)n1. The minimum absolute atomic E-state index is 0.152. The van der Waals surface area contributed by atoms with Crippen LogP contribution in [-0.4, -0.2) is 59.9 Å². The van der Waals surface area contributed by atoms with Crippen LogP contribution in [0.1, 0.15) is 10.5 Å². The second-order valence-electron chi connectivity index (χ2n) is 6.35. The minimum Gasteiger partial charge on any atom is -0.379 e. The lowest BCUT2D eigenvalue weighted by molar-refractivity contribution is 0.0730. The van der Waals surface area contributed by atoms with Crippen molar-refractivity contribution in [2.75, 3.05) is 31.6 Å². The molecule has 2 aromatic carbocycles. The molecule has 0 spiro atoms. The highest BCUT2D eigenvalue weighted by Crippen LogP contribution is 2.19. The molecule has 1 amide bonds. The van der Waals surface area contributed by atoms with Gasteiger partial charge in [0.15, 0.2) is 5.69 Å². The van der Waals surface area contributed by atoms with Crippen molar-refractivity contribution >= 4 is 21.6 Å². The highest BCUT2D eigenvalue weighted by Gasteiger charge is 2.26. The lowest BCUT2D eigenvalue weighted by Gasteiger charge is -2.26. The normalized spacial score (nSPS) is 15.2. The number of morpholine rings is 1. The molecule has 1 fully saturated rings. The van der Waals surface area contributed by atoms with E-state index in [2.05, 4.69) is 15.5 Å². The molecule has 3 aromatic rings. The summed E-state index contributed by atoms with van der Waals surface area (Å²) >= 11 is 0. The fourth-order valence-corrected chi connectivity index (χ4v) is 4.30. The van der Waals surface area contributed by atoms with E-state index in [9.17, 15) is 13.2 Å². The summed E-state index contributed by atoms with van der Waals surface area (Å²) in [5.41, 5.74) is 1.35. The third-order valence-corrected chi connectivity index (χ3v) is 6.34. The maximum atomic E-state index is 12.6. The zero-order valence-corrected chi connectivity index (χ0v) is 16.2. The molecule has 1 aromatic heterocycles. The number of anilines is 1. The topological polar surface area (TPSA) is 106 Å². The van der Waals surface area contributed by atoms with Crippen LogP contribution in [0.3, 0.4) is 0 Å². The van der Waals surface area contributed by atoms with Crippen LogP contribution < -0.4 is 5.32 Å². The molecule has 0 bridgehead atoms. The predicted octanol–water partition coefficient (Wildman–Crippen LogP) is 1.54. The van der Waals surface area contributed by atoms with Crippen molar-refractivity contribution in [3.05, 3.63) is 66.5 Å². The zero-order chi connectivity index (χ0) is 20.3. The molecule has 4 rings (SSSR count). The number of nitrogens with zero attached hydrogens (tertiary/aromatic N) is 4. The summed E-state index contributed by atoms with van der Waals surface area (Å²) < 4.78 is 31.9. The van der Waals surface area contributed by atoms with E-state index in [1.54, 1.807) is 12.1 Å². The second kappa shape index (κ2) is 8.11. The number of aromatic nitrogens is 3. The zero-order valence-electron chi connectivity index (χ0n) is 15.4. The maximum Gasteiger partial charge on any atom is 0.277 e. The van der Waals surface area contributed by atoms with Crippen molar-refractivity contribution in [3.63, 3.8) is 0 Å². The Kier molecular flexibility index (Phi) is 5.38. The van der Waals surface area contributed by atoms with Crippen LogP contribution in [0.25, 0.3) is 5.69 Å². The van der Waals surface area contributed by atoms with E-state index in [4.69, 9.17) is 4.74 Å². The standard InChI is InChI=1S/C19H19N5O4S/c25-19(18-14-20-24(22-18)16-4-2-1-3-5-16)21-15-6-8-17(9-7-15)29(26,27)23-10-12-28-13-11-23/h1-9,14H,10-13H2,(H,21,25). The second-order valence-corrected chi connectivity index (χ2v) is 8.29. The van der Waals surface area contributed by atoms with E-state index in [-0.39, 0.29) is 10.6 Å². The Hall–Kier alpha value is -3.08. The first-order valence-electron chi connectivity index (χ1n) is 9.01. The van der Waals surface area contributed by atoms with Gasteiger partial charge in [0.05, 0.1) is 30.0 Å². The predicted molar refractivity (Wildman–Crippen MR) is 105 cm³/mol. The van der Waals surface area contributed by atoms with Gasteiger partial charge in [-0.2, -0.15) is 14.2 Å². The molecule has 1 N–H and O–H groups in total. The van der Waals surface area contributed by atoms with Crippen LogP contribution in [0.4, 0.5) is 5.69 Å². The number of nitrogens with one attached hydrogen (secondary N) is 1. The highest BCUT2D eigenvalue weighted by molar-refractivity contribution is 7.89. The Balaban J connectivity index is 1.45. The van der Waals surface area contributed by atoms with Gasteiger partial charge in [0.2, 0.25) is 10.0 Å². The summed E-state index contributed by atoms with van der Waals surface area (Å²) in [5, 5.41) is 11.0. The van der Waals surface area contributed by atoms with Crippen molar-refractivity contribution in [1.82, 2.24) is 19.3 Å². The van der Waals surface area contributed by atoms with Gasteiger partial charge in [-0.1, -0.05) is 18.2 Å². The van der Waals surface area contributed by atoms with E-state index in [0.717, 1.165) is 5.69 Å². The average Bonchev–Trinajstić information content (AvgIpc) is 3.26. The molecule has 0 saturated carbocycles. The average molecular weight is 413 g/mol. The molecule has 29 heavy (non-hydrogen) atoms. The molecule has 0 atom stereocenters. The van der Waals surface area contributed by atoms with E-state index in [0.29, 0.717) is 32.0 Å². The third kappa shape index (κ3) is 4.19. The Bertz CT molecular complexity index is 1090. The van der Waals surface area contributed by atoms with Gasteiger partial charge in [0, 0.05) is 18.8 Å². The molecule has 1 saturated heterocycles. The number of amides is 1. The molecule has 2 heterocycles. The molecule has 0 radical (unpaired) electrons. The van der Waals surface area contributed by atoms with Gasteiger partial charge in [-0.25, -0.2) is 8.42 Å². The number of carbonyl (C=O) groups excluding carboxylic acids is 1. The van der Waals surface area contributed by atoms with E-state index < -0.39 is 15.9 Å². The number of carbonyl (C=O) groups is 1. The van der Waals surface area contributed by atoms with Gasteiger partial charge in [-0.3, -0.25) is 4.79 Å². The lowest BCUT2D eigenvalue weighted by Crippen LogP contribution is -2.40. The highest BCUT2D eigenvalue weighted by atomic mass is 32.2. The molecule has 1 aliphatic heterocycles. The Morgan fingerprint density at radius 3 is 2.38 bits per heavy atom. The molecule has 150 valence electrons. The molecular formula is C19H19N5O4S. The van der Waals surface area contributed by atoms with Crippen LogP contribution in [0, 0.1) is 0 Å². The smallest absolute Gasteiger partial charge is 0.277 e. The molecular weight excluding hydrogens is 394 g/mol. The van der Waals surface area contributed by atoms with Gasteiger partial charge in [-0.15, -0.1) is 5.10 Å². The van der Waals surface area contributed by atoms with Crippen LogP contribution >= 0.6 is 0 Å². The number of sulfonamides is 1. The first kappa shape index (κ1) is 19.2. The number of rotatable bonds is 5. The molecule has 9 nitrogen and oxygen atoms in total. The van der Waals surface area contributed by atoms with Gasteiger partial charge in [-0.05, 0) is 36.4 Å². The summed E-state index contributed by atoms with van der Waals surface area (Å²) in [6.07, 6.45) is 1.37.